The highest BCUT2D eigenvalue weighted by atomic mass is 35.5. The van der Waals surface area contributed by atoms with Crippen molar-refractivity contribution < 1.29 is 4.74 Å². The zero-order valence-corrected chi connectivity index (χ0v) is 10.9. The molecule has 1 fully saturated rings. The van der Waals surface area contributed by atoms with Crippen LogP contribution in [-0.4, -0.2) is 28.4 Å². The fraction of sp³-hybridized carbons (Fsp3) is 0.636. The SMILES string of the molecule is Cc1cc(Cl)nc(CSC2CCOCC2)n1. The smallest absolute Gasteiger partial charge is 0.140 e. The summed E-state index contributed by atoms with van der Waals surface area (Å²) in [4.78, 5) is 8.59. The average Bonchev–Trinajstić information content (AvgIpc) is 2.27. The van der Waals surface area contributed by atoms with Gasteiger partial charge in [-0.3, -0.25) is 0 Å². The van der Waals surface area contributed by atoms with E-state index >= 15 is 0 Å². The molecule has 1 aliphatic heterocycles. The molecule has 5 heteroatoms. The number of nitrogens with zero attached hydrogens (tertiary/aromatic N) is 2. The number of halogens is 1. The van der Waals surface area contributed by atoms with Crippen molar-refractivity contribution in [2.45, 2.75) is 30.8 Å². The fourth-order valence-electron chi connectivity index (χ4n) is 1.69. The number of thioether (sulfide) groups is 1. The first kappa shape index (κ1) is 12.1. The van der Waals surface area contributed by atoms with Gasteiger partial charge in [0.05, 0.1) is 5.75 Å². The lowest BCUT2D eigenvalue weighted by atomic mass is 10.2. The molecular weight excluding hydrogens is 244 g/mol. The number of aryl methyl sites for hydroxylation is 1. The topological polar surface area (TPSA) is 35.0 Å². The van der Waals surface area contributed by atoms with Crippen LogP contribution < -0.4 is 0 Å². The Morgan fingerprint density at radius 1 is 1.44 bits per heavy atom. The Morgan fingerprint density at radius 3 is 2.88 bits per heavy atom. The van der Waals surface area contributed by atoms with Crippen molar-refractivity contribution in [3.05, 3.63) is 22.7 Å². The number of ether oxygens (including phenoxy) is 1. The summed E-state index contributed by atoms with van der Waals surface area (Å²) in [6.45, 7) is 3.70. The van der Waals surface area contributed by atoms with E-state index in [-0.39, 0.29) is 0 Å². The van der Waals surface area contributed by atoms with Crippen molar-refractivity contribution in [3.63, 3.8) is 0 Å². The third-order valence-electron chi connectivity index (χ3n) is 2.49. The molecule has 0 aliphatic carbocycles. The molecule has 3 nitrogen and oxygen atoms in total. The molecule has 2 heterocycles. The van der Waals surface area contributed by atoms with Crippen LogP contribution in [0, 0.1) is 6.92 Å². The predicted molar refractivity (Wildman–Crippen MR) is 66.9 cm³/mol. The second kappa shape index (κ2) is 5.84. The molecule has 16 heavy (non-hydrogen) atoms. The predicted octanol–water partition coefficient (Wildman–Crippen LogP) is 2.85. The largest absolute Gasteiger partial charge is 0.381 e. The van der Waals surface area contributed by atoms with Crippen molar-refractivity contribution in [1.82, 2.24) is 9.97 Å². The van der Waals surface area contributed by atoms with E-state index in [0.717, 1.165) is 43.3 Å². The molecule has 0 aromatic carbocycles. The minimum absolute atomic E-state index is 0.537. The summed E-state index contributed by atoms with van der Waals surface area (Å²) < 4.78 is 5.32. The number of aromatic nitrogens is 2. The maximum absolute atomic E-state index is 5.89. The molecule has 2 rings (SSSR count). The van der Waals surface area contributed by atoms with Gasteiger partial charge in [0.2, 0.25) is 0 Å². The fourth-order valence-corrected chi connectivity index (χ4v) is 2.98. The normalized spacial score (nSPS) is 17.6. The number of hydrogen-bond acceptors (Lipinski definition) is 4. The summed E-state index contributed by atoms with van der Waals surface area (Å²) in [7, 11) is 0. The van der Waals surface area contributed by atoms with Gasteiger partial charge in [-0.2, -0.15) is 11.8 Å². The van der Waals surface area contributed by atoms with E-state index in [1.165, 1.54) is 0 Å². The molecule has 1 aliphatic rings. The molecule has 1 saturated heterocycles. The van der Waals surface area contributed by atoms with Gasteiger partial charge in [0, 0.05) is 24.2 Å². The molecule has 0 saturated carbocycles. The Labute approximate surface area is 105 Å². The van der Waals surface area contributed by atoms with Gasteiger partial charge in [-0.1, -0.05) is 11.6 Å². The quantitative estimate of drug-likeness (QED) is 0.781. The van der Waals surface area contributed by atoms with Gasteiger partial charge in [0.15, 0.2) is 0 Å². The van der Waals surface area contributed by atoms with E-state index in [4.69, 9.17) is 16.3 Å². The Hall–Kier alpha value is -0.320. The summed E-state index contributed by atoms with van der Waals surface area (Å²) in [5.74, 6) is 1.67. The Kier molecular flexibility index (Phi) is 4.44. The van der Waals surface area contributed by atoms with Gasteiger partial charge < -0.3 is 4.74 Å². The lowest BCUT2D eigenvalue weighted by molar-refractivity contribution is 0.1000. The van der Waals surface area contributed by atoms with Crippen LogP contribution in [0.1, 0.15) is 24.4 Å². The second-order valence-electron chi connectivity index (χ2n) is 3.87. The van der Waals surface area contributed by atoms with Crippen LogP contribution in [0.4, 0.5) is 0 Å². The van der Waals surface area contributed by atoms with Gasteiger partial charge in [0.25, 0.3) is 0 Å². The average molecular weight is 259 g/mol. The van der Waals surface area contributed by atoms with Gasteiger partial charge >= 0.3 is 0 Å². The third kappa shape index (κ3) is 3.61. The van der Waals surface area contributed by atoms with Crippen LogP contribution >= 0.6 is 23.4 Å². The van der Waals surface area contributed by atoms with Crippen molar-refractivity contribution in [2.75, 3.05) is 13.2 Å². The van der Waals surface area contributed by atoms with Crippen LogP contribution in [0.25, 0.3) is 0 Å². The molecule has 0 atom stereocenters. The van der Waals surface area contributed by atoms with Crippen molar-refractivity contribution in [2.24, 2.45) is 0 Å². The maximum Gasteiger partial charge on any atom is 0.140 e. The first-order chi connectivity index (χ1) is 7.74. The van der Waals surface area contributed by atoms with E-state index in [0.29, 0.717) is 10.4 Å². The Balaban J connectivity index is 1.88. The summed E-state index contributed by atoms with van der Waals surface area (Å²) >= 11 is 7.80. The van der Waals surface area contributed by atoms with Gasteiger partial charge in [-0.25, -0.2) is 9.97 Å². The van der Waals surface area contributed by atoms with Crippen LogP contribution in [0.5, 0.6) is 0 Å². The van der Waals surface area contributed by atoms with E-state index in [1.54, 1.807) is 6.07 Å². The molecule has 0 unspecified atom stereocenters. The molecule has 1 aromatic rings. The van der Waals surface area contributed by atoms with E-state index in [1.807, 2.05) is 18.7 Å². The lowest BCUT2D eigenvalue weighted by Crippen LogP contribution is -2.17. The highest BCUT2D eigenvalue weighted by molar-refractivity contribution is 7.99. The monoisotopic (exact) mass is 258 g/mol. The minimum Gasteiger partial charge on any atom is -0.381 e. The van der Waals surface area contributed by atoms with Gasteiger partial charge in [0.1, 0.15) is 11.0 Å². The molecule has 0 bridgehead atoms. The van der Waals surface area contributed by atoms with E-state index in [2.05, 4.69) is 9.97 Å². The van der Waals surface area contributed by atoms with Crippen LogP contribution in [-0.2, 0) is 10.5 Å². The van der Waals surface area contributed by atoms with E-state index in [9.17, 15) is 0 Å². The highest BCUT2D eigenvalue weighted by Crippen LogP contribution is 2.24. The zero-order valence-electron chi connectivity index (χ0n) is 9.28. The van der Waals surface area contributed by atoms with Crippen molar-refractivity contribution in [3.8, 4) is 0 Å². The Bertz CT molecular complexity index is 336. The van der Waals surface area contributed by atoms with Crippen LogP contribution in [0.3, 0.4) is 0 Å². The first-order valence-electron chi connectivity index (χ1n) is 5.43. The van der Waals surface area contributed by atoms with Gasteiger partial charge in [-0.05, 0) is 25.8 Å². The summed E-state index contributed by atoms with van der Waals surface area (Å²) in [5.41, 5.74) is 0.933. The molecule has 0 amide bonds. The molecule has 0 radical (unpaired) electrons. The van der Waals surface area contributed by atoms with Crippen molar-refractivity contribution >= 4 is 23.4 Å². The lowest BCUT2D eigenvalue weighted by Gasteiger charge is -2.21. The molecule has 1 aromatic heterocycles. The summed E-state index contributed by atoms with van der Waals surface area (Å²) in [6, 6.07) is 1.78. The van der Waals surface area contributed by atoms with Crippen LogP contribution in [0.15, 0.2) is 6.07 Å². The Morgan fingerprint density at radius 2 is 2.19 bits per heavy atom. The van der Waals surface area contributed by atoms with Gasteiger partial charge in [-0.15, -0.1) is 0 Å². The van der Waals surface area contributed by atoms with Crippen molar-refractivity contribution in [1.29, 1.82) is 0 Å². The second-order valence-corrected chi connectivity index (χ2v) is 5.55. The number of hydrogen-bond donors (Lipinski definition) is 0. The molecular formula is C11H15ClN2OS. The minimum atomic E-state index is 0.537. The number of rotatable bonds is 3. The third-order valence-corrected chi connectivity index (χ3v) is 4.05. The molecule has 88 valence electrons. The maximum atomic E-state index is 5.89. The highest BCUT2D eigenvalue weighted by Gasteiger charge is 2.14. The molecule has 0 spiro atoms. The first-order valence-corrected chi connectivity index (χ1v) is 6.86. The molecule has 0 N–H and O–H groups in total. The zero-order chi connectivity index (χ0) is 11.4. The van der Waals surface area contributed by atoms with E-state index < -0.39 is 0 Å². The summed E-state index contributed by atoms with van der Waals surface area (Å²) in [5, 5.41) is 1.21. The standard InChI is InChI=1S/C11H15ClN2OS/c1-8-6-10(12)14-11(13-8)7-16-9-2-4-15-5-3-9/h6,9H,2-5,7H2,1H3. The summed E-state index contributed by atoms with van der Waals surface area (Å²) in [6.07, 6.45) is 2.26. The van der Waals surface area contributed by atoms with Crippen LogP contribution in [0.2, 0.25) is 5.15 Å².